The number of hydrogen-bond donors (Lipinski definition) is 2. The minimum atomic E-state index is -2.90. The zero-order valence-corrected chi connectivity index (χ0v) is 19.6. The topological polar surface area (TPSA) is 98.8 Å². The molecule has 8 nitrogen and oxygen atoms in total. The molecule has 9 heteroatoms. The number of rotatable bonds is 6. The molecule has 2 N–H and O–H groups in total. The fourth-order valence-electron chi connectivity index (χ4n) is 4.45. The van der Waals surface area contributed by atoms with Crippen LogP contribution in [-0.2, 0) is 14.6 Å². The smallest absolute Gasteiger partial charge is 0.257 e. The molecule has 1 atom stereocenters. The number of carbonyl (C=O) groups excluding carboxylic acids is 2. The zero-order valence-electron chi connectivity index (χ0n) is 18.8. The number of nitrogens with zero attached hydrogens (tertiary/aromatic N) is 2. The molecular formula is C24H30N4O4S. The lowest BCUT2D eigenvalue weighted by Crippen LogP contribution is -2.52. The third-order valence-electron chi connectivity index (χ3n) is 6.22. The molecular weight excluding hydrogens is 440 g/mol. The van der Waals surface area contributed by atoms with Crippen molar-refractivity contribution >= 4 is 33.0 Å². The summed E-state index contributed by atoms with van der Waals surface area (Å²) in [5.74, 6) is 0.0609. The van der Waals surface area contributed by atoms with Gasteiger partial charge in [0.25, 0.3) is 5.91 Å². The van der Waals surface area contributed by atoms with Gasteiger partial charge in [0.1, 0.15) is 0 Å². The van der Waals surface area contributed by atoms with Crippen LogP contribution in [0.15, 0.2) is 48.5 Å². The van der Waals surface area contributed by atoms with Crippen molar-refractivity contribution in [2.45, 2.75) is 19.4 Å². The molecule has 2 aliphatic rings. The molecule has 2 amide bonds. The van der Waals surface area contributed by atoms with Crippen LogP contribution in [0.3, 0.4) is 0 Å². The molecule has 2 fully saturated rings. The third-order valence-corrected chi connectivity index (χ3v) is 7.97. The van der Waals surface area contributed by atoms with Crippen molar-refractivity contribution in [2.75, 3.05) is 54.9 Å². The Morgan fingerprint density at radius 1 is 1.00 bits per heavy atom. The van der Waals surface area contributed by atoms with Gasteiger partial charge in [-0.05, 0) is 43.2 Å². The summed E-state index contributed by atoms with van der Waals surface area (Å²) < 4.78 is 23.5. The number of para-hydroxylation sites is 1. The summed E-state index contributed by atoms with van der Waals surface area (Å²) in [6.45, 7) is 5.11. The molecule has 0 aliphatic carbocycles. The first-order chi connectivity index (χ1) is 15.8. The van der Waals surface area contributed by atoms with E-state index in [1.165, 1.54) is 0 Å². The monoisotopic (exact) mass is 470 g/mol. The molecule has 0 radical (unpaired) electrons. The maximum atomic E-state index is 12.8. The van der Waals surface area contributed by atoms with Crippen molar-refractivity contribution in [3.8, 4) is 0 Å². The lowest BCUT2D eigenvalue weighted by atomic mass is 10.1. The largest absolute Gasteiger partial charge is 0.324 e. The molecule has 33 heavy (non-hydrogen) atoms. The van der Waals surface area contributed by atoms with Crippen LogP contribution in [0, 0.1) is 6.92 Å². The van der Waals surface area contributed by atoms with Gasteiger partial charge in [-0.3, -0.25) is 19.4 Å². The first-order valence-corrected chi connectivity index (χ1v) is 13.0. The maximum absolute atomic E-state index is 12.8. The lowest BCUT2D eigenvalue weighted by molar-refractivity contribution is -0.117. The number of amides is 2. The molecule has 0 bridgehead atoms. The fourth-order valence-corrected chi connectivity index (χ4v) is 6.22. The molecule has 2 aromatic rings. The third kappa shape index (κ3) is 6.19. The summed E-state index contributed by atoms with van der Waals surface area (Å²) in [7, 11) is -2.90. The van der Waals surface area contributed by atoms with Gasteiger partial charge >= 0.3 is 0 Å². The van der Waals surface area contributed by atoms with Crippen LogP contribution in [-0.4, -0.2) is 80.3 Å². The highest BCUT2D eigenvalue weighted by atomic mass is 32.2. The van der Waals surface area contributed by atoms with Crippen molar-refractivity contribution in [3.63, 3.8) is 0 Å². The summed E-state index contributed by atoms with van der Waals surface area (Å²) in [4.78, 5) is 29.8. The Morgan fingerprint density at radius 3 is 2.45 bits per heavy atom. The molecule has 0 unspecified atom stereocenters. The van der Waals surface area contributed by atoms with E-state index in [0.29, 0.717) is 36.4 Å². The van der Waals surface area contributed by atoms with E-state index < -0.39 is 9.84 Å². The molecule has 2 aromatic carbocycles. The van der Waals surface area contributed by atoms with Crippen LogP contribution in [0.5, 0.6) is 0 Å². The van der Waals surface area contributed by atoms with Crippen LogP contribution >= 0.6 is 0 Å². The average Bonchev–Trinajstić information content (AvgIpc) is 3.14. The van der Waals surface area contributed by atoms with E-state index in [1.54, 1.807) is 24.3 Å². The van der Waals surface area contributed by atoms with Gasteiger partial charge in [-0.15, -0.1) is 0 Å². The van der Waals surface area contributed by atoms with Crippen molar-refractivity contribution in [1.29, 1.82) is 0 Å². The van der Waals surface area contributed by atoms with Crippen LogP contribution in [0.1, 0.15) is 22.3 Å². The second-order valence-electron chi connectivity index (χ2n) is 8.79. The van der Waals surface area contributed by atoms with Gasteiger partial charge in [0, 0.05) is 37.9 Å². The average molecular weight is 471 g/mol. The fraction of sp³-hybridized carbons (Fsp3) is 0.417. The Bertz CT molecular complexity index is 1130. The number of aryl methyl sites for hydroxylation is 1. The molecule has 4 rings (SSSR count). The van der Waals surface area contributed by atoms with Crippen molar-refractivity contribution < 1.29 is 18.0 Å². The number of hydrogen-bond acceptors (Lipinski definition) is 6. The van der Waals surface area contributed by atoms with E-state index in [2.05, 4.69) is 20.4 Å². The van der Waals surface area contributed by atoms with Gasteiger partial charge in [0.05, 0.1) is 29.3 Å². The first-order valence-electron chi connectivity index (χ1n) is 11.2. The first kappa shape index (κ1) is 23.4. The Kier molecular flexibility index (Phi) is 7.11. The quantitative estimate of drug-likeness (QED) is 0.670. The van der Waals surface area contributed by atoms with E-state index in [4.69, 9.17) is 0 Å². The highest BCUT2D eigenvalue weighted by molar-refractivity contribution is 7.91. The van der Waals surface area contributed by atoms with Crippen molar-refractivity contribution in [1.82, 2.24) is 9.80 Å². The number of sulfone groups is 1. The Balaban J connectivity index is 1.31. The summed E-state index contributed by atoms with van der Waals surface area (Å²) in [5.41, 5.74) is 2.63. The maximum Gasteiger partial charge on any atom is 0.257 e. The van der Waals surface area contributed by atoms with Crippen LogP contribution in [0.2, 0.25) is 0 Å². The second kappa shape index (κ2) is 10.0. The Morgan fingerprint density at radius 2 is 1.76 bits per heavy atom. The van der Waals surface area contributed by atoms with E-state index in [0.717, 1.165) is 18.7 Å². The van der Waals surface area contributed by atoms with Crippen molar-refractivity contribution in [3.05, 3.63) is 59.7 Å². The van der Waals surface area contributed by atoms with Gasteiger partial charge in [0.15, 0.2) is 9.84 Å². The Hall–Kier alpha value is -2.75. The van der Waals surface area contributed by atoms with E-state index in [-0.39, 0.29) is 35.9 Å². The molecule has 2 heterocycles. The van der Waals surface area contributed by atoms with Gasteiger partial charge in [-0.2, -0.15) is 0 Å². The predicted molar refractivity (Wildman–Crippen MR) is 129 cm³/mol. The van der Waals surface area contributed by atoms with Crippen LogP contribution in [0.25, 0.3) is 0 Å². The SMILES string of the molecule is Cc1cccc(NC(=O)c2ccccc2NC(=O)CN2CCN([C@H]3CCS(=O)(=O)C3)CC2)c1. The number of piperazine rings is 1. The minimum Gasteiger partial charge on any atom is -0.324 e. The van der Waals surface area contributed by atoms with Crippen molar-refractivity contribution in [2.24, 2.45) is 0 Å². The molecule has 0 aromatic heterocycles. The van der Waals surface area contributed by atoms with Gasteiger partial charge < -0.3 is 10.6 Å². The predicted octanol–water partition coefficient (Wildman–Crippen LogP) is 1.99. The van der Waals surface area contributed by atoms with Gasteiger partial charge in [-0.1, -0.05) is 24.3 Å². The molecule has 2 aliphatic heterocycles. The summed E-state index contributed by atoms with van der Waals surface area (Å²) >= 11 is 0. The van der Waals surface area contributed by atoms with Gasteiger partial charge in [-0.25, -0.2) is 8.42 Å². The van der Waals surface area contributed by atoms with Crippen LogP contribution in [0.4, 0.5) is 11.4 Å². The molecule has 0 spiro atoms. The van der Waals surface area contributed by atoms with Gasteiger partial charge in [0.2, 0.25) is 5.91 Å². The van der Waals surface area contributed by atoms with Crippen LogP contribution < -0.4 is 10.6 Å². The highest BCUT2D eigenvalue weighted by Gasteiger charge is 2.33. The summed E-state index contributed by atoms with van der Waals surface area (Å²) in [6, 6.07) is 14.6. The normalized spacial score (nSPS) is 20.9. The molecule has 2 saturated heterocycles. The van der Waals surface area contributed by atoms with E-state index in [1.807, 2.05) is 31.2 Å². The number of nitrogens with one attached hydrogen (secondary N) is 2. The Labute approximate surface area is 194 Å². The highest BCUT2D eigenvalue weighted by Crippen LogP contribution is 2.20. The summed E-state index contributed by atoms with van der Waals surface area (Å²) in [6.07, 6.45) is 0.699. The summed E-state index contributed by atoms with van der Waals surface area (Å²) in [5, 5.41) is 5.76. The van der Waals surface area contributed by atoms with E-state index >= 15 is 0 Å². The lowest BCUT2D eigenvalue weighted by Gasteiger charge is -2.37. The standard InChI is InChI=1S/C24H30N4O4S/c1-18-5-4-6-19(15-18)25-24(30)21-7-2-3-8-22(21)26-23(29)16-27-10-12-28(13-11-27)20-9-14-33(31,32)17-20/h2-8,15,20H,9-14,16-17H2,1H3,(H,25,30)(H,26,29)/t20-/m0/s1. The number of benzene rings is 2. The number of anilines is 2. The number of carbonyl (C=O) groups is 2. The van der Waals surface area contributed by atoms with E-state index in [9.17, 15) is 18.0 Å². The second-order valence-corrected chi connectivity index (χ2v) is 11.0. The molecule has 0 saturated carbocycles. The molecule has 176 valence electrons. The zero-order chi connectivity index (χ0) is 23.4. The minimum absolute atomic E-state index is 0.102.